The van der Waals surface area contributed by atoms with E-state index in [2.05, 4.69) is 24.1 Å². The number of primary amides is 1. The van der Waals surface area contributed by atoms with E-state index in [0.717, 1.165) is 29.4 Å². The number of benzene rings is 1. The van der Waals surface area contributed by atoms with Gasteiger partial charge in [0.2, 0.25) is 5.91 Å². The van der Waals surface area contributed by atoms with E-state index < -0.39 is 5.91 Å². The van der Waals surface area contributed by atoms with Crippen molar-refractivity contribution in [3.63, 3.8) is 0 Å². The summed E-state index contributed by atoms with van der Waals surface area (Å²) in [5.41, 5.74) is 8.05. The first-order chi connectivity index (χ1) is 10.6. The van der Waals surface area contributed by atoms with Crippen LogP contribution in [0.5, 0.6) is 5.75 Å². The fourth-order valence-corrected chi connectivity index (χ4v) is 3.25. The van der Waals surface area contributed by atoms with E-state index in [4.69, 9.17) is 10.5 Å². The highest BCUT2D eigenvalue weighted by Gasteiger charge is 2.21. The van der Waals surface area contributed by atoms with Crippen LogP contribution in [0.3, 0.4) is 0 Å². The Morgan fingerprint density at radius 3 is 2.95 bits per heavy atom. The summed E-state index contributed by atoms with van der Waals surface area (Å²) in [6, 6.07) is 4.15. The third-order valence-electron chi connectivity index (χ3n) is 4.29. The number of rotatable bonds is 5. The molecule has 5 heteroatoms. The number of hydrogen-bond acceptors (Lipinski definition) is 3. The molecule has 0 aliphatic carbocycles. The van der Waals surface area contributed by atoms with Crippen LogP contribution in [0.1, 0.15) is 48.5 Å². The van der Waals surface area contributed by atoms with Gasteiger partial charge in [-0.1, -0.05) is 13.8 Å². The molecule has 2 heterocycles. The van der Waals surface area contributed by atoms with Crippen LogP contribution in [-0.2, 0) is 0 Å². The fourth-order valence-electron chi connectivity index (χ4n) is 3.25. The van der Waals surface area contributed by atoms with Crippen molar-refractivity contribution in [1.82, 2.24) is 10.3 Å². The van der Waals surface area contributed by atoms with Crippen LogP contribution in [-0.4, -0.2) is 30.1 Å². The fraction of sp³-hybridized carbons (Fsp3) is 0.471. The number of fused-ring (bicyclic) bond motifs is 1. The summed E-state index contributed by atoms with van der Waals surface area (Å²) < 4.78 is 5.99. The van der Waals surface area contributed by atoms with Gasteiger partial charge < -0.3 is 20.8 Å². The van der Waals surface area contributed by atoms with Crippen molar-refractivity contribution in [1.29, 1.82) is 0 Å². The number of carbonyl (C=O) groups excluding carboxylic acids is 1. The highest BCUT2D eigenvalue weighted by atomic mass is 16.5. The van der Waals surface area contributed by atoms with E-state index in [0.29, 0.717) is 24.0 Å². The lowest BCUT2D eigenvalue weighted by Crippen LogP contribution is -2.28. The highest BCUT2D eigenvalue weighted by Crippen LogP contribution is 2.35. The van der Waals surface area contributed by atoms with Crippen molar-refractivity contribution < 1.29 is 9.53 Å². The molecule has 1 aromatic heterocycles. The maximum Gasteiger partial charge on any atom is 0.249 e. The minimum absolute atomic E-state index is 0.214. The molecule has 22 heavy (non-hydrogen) atoms. The molecule has 0 spiro atoms. The summed E-state index contributed by atoms with van der Waals surface area (Å²) in [4.78, 5) is 15.1. The zero-order valence-electron chi connectivity index (χ0n) is 13.1. The first-order valence-corrected chi connectivity index (χ1v) is 7.88. The molecule has 1 aliphatic rings. The Bertz CT molecular complexity index is 685. The highest BCUT2D eigenvalue weighted by molar-refractivity contribution is 6.02. The molecule has 4 N–H and O–H groups in total. The molecule has 0 saturated carbocycles. The van der Waals surface area contributed by atoms with Crippen LogP contribution in [0.25, 0.3) is 10.9 Å². The number of nitrogens with one attached hydrogen (secondary N) is 2. The molecule has 1 fully saturated rings. The van der Waals surface area contributed by atoms with Crippen molar-refractivity contribution in [2.24, 2.45) is 5.73 Å². The molecular formula is C17H23N3O2. The number of amides is 1. The lowest BCUT2D eigenvalue weighted by atomic mass is 9.93. The predicted molar refractivity (Wildman–Crippen MR) is 87.4 cm³/mol. The summed E-state index contributed by atoms with van der Waals surface area (Å²) >= 11 is 0. The van der Waals surface area contributed by atoms with Crippen molar-refractivity contribution >= 4 is 16.8 Å². The van der Waals surface area contributed by atoms with Crippen LogP contribution in [0.4, 0.5) is 0 Å². The predicted octanol–water partition coefficient (Wildman–Crippen LogP) is 2.52. The molecule has 1 aliphatic heterocycles. The van der Waals surface area contributed by atoms with Crippen LogP contribution in [0.15, 0.2) is 18.3 Å². The SMILES string of the molecule is CC(C)c1c(C(N)=O)cc(OCC2CCCN2)c2[nH]ccc12. The number of carbonyl (C=O) groups is 1. The number of aromatic nitrogens is 1. The van der Waals surface area contributed by atoms with Crippen LogP contribution >= 0.6 is 0 Å². The summed E-state index contributed by atoms with van der Waals surface area (Å²) in [5.74, 6) is 0.508. The third kappa shape index (κ3) is 2.68. The largest absolute Gasteiger partial charge is 0.490 e. The monoisotopic (exact) mass is 301 g/mol. The average Bonchev–Trinajstić information content (AvgIpc) is 3.14. The topological polar surface area (TPSA) is 80.1 Å². The van der Waals surface area contributed by atoms with E-state index in [9.17, 15) is 4.79 Å². The summed E-state index contributed by atoms with van der Waals surface area (Å²) in [6.07, 6.45) is 4.19. The Balaban J connectivity index is 2.00. The minimum Gasteiger partial charge on any atom is -0.490 e. The van der Waals surface area contributed by atoms with Crippen molar-refractivity contribution in [3.05, 3.63) is 29.5 Å². The zero-order chi connectivity index (χ0) is 15.7. The Morgan fingerprint density at radius 2 is 2.32 bits per heavy atom. The van der Waals surface area contributed by atoms with Gasteiger partial charge in [0.05, 0.1) is 5.52 Å². The van der Waals surface area contributed by atoms with E-state index in [1.54, 1.807) is 6.07 Å². The maximum absolute atomic E-state index is 11.8. The number of aromatic amines is 1. The first kappa shape index (κ1) is 14.9. The first-order valence-electron chi connectivity index (χ1n) is 7.88. The van der Waals surface area contributed by atoms with Gasteiger partial charge in [-0.2, -0.15) is 0 Å². The van der Waals surface area contributed by atoms with Gasteiger partial charge in [0, 0.05) is 23.2 Å². The molecule has 3 rings (SSSR count). The number of ether oxygens (including phenoxy) is 1. The van der Waals surface area contributed by atoms with Crippen molar-refractivity contribution in [2.45, 2.75) is 38.6 Å². The van der Waals surface area contributed by atoms with E-state index in [-0.39, 0.29) is 5.92 Å². The van der Waals surface area contributed by atoms with E-state index >= 15 is 0 Å². The Morgan fingerprint density at radius 1 is 1.50 bits per heavy atom. The normalized spacial score (nSPS) is 18.2. The van der Waals surface area contributed by atoms with Gasteiger partial charge in [-0.05, 0) is 43.0 Å². The van der Waals surface area contributed by atoms with Crippen molar-refractivity contribution in [2.75, 3.05) is 13.2 Å². The van der Waals surface area contributed by atoms with Crippen LogP contribution < -0.4 is 15.8 Å². The van der Waals surface area contributed by atoms with Crippen molar-refractivity contribution in [3.8, 4) is 5.75 Å². The van der Waals surface area contributed by atoms with E-state index in [1.165, 1.54) is 6.42 Å². The molecule has 1 amide bonds. The molecule has 5 nitrogen and oxygen atoms in total. The van der Waals surface area contributed by atoms with Crippen LogP contribution in [0.2, 0.25) is 0 Å². The second-order valence-corrected chi connectivity index (χ2v) is 6.23. The summed E-state index contributed by atoms with van der Waals surface area (Å²) in [5, 5.41) is 4.42. The molecule has 1 unspecified atom stereocenters. The molecule has 2 aromatic rings. The lowest BCUT2D eigenvalue weighted by molar-refractivity contribution is 0.0998. The second kappa shape index (κ2) is 6.01. The smallest absolute Gasteiger partial charge is 0.249 e. The van der Waals surface area contributed by atoms with Gasteiger partial charge >= 0.3 is 0 Å². The Kier molecular flexibility index (Phi) is 4.07. The Hall–Kier alpha value is -2.01. The van der Waals surface area contributed by atoms with Gasteiger partial charge in [-0.3, -0.25) is 4.79 Å². The van der Waals surface area contributed by atoms with Gasteiger partial charge in [-0.25, -0.2) is 0 Å². The molecule has 1 atom stereocenters. The molecule has 0 radical (unpaired) electrons. The quantitative estimate of drug-likeness (QED) is 0.794. The van der Waals surface area contributed by atoms with Gasteiger partial charge in [0.25, 0.3) is 0 Å². The standard InChI is InChI=1S/C17H23N3O2/c1-10(2)15-12-5-7-20-16(12)14(8-13(15)17(18)21)22-9-11-4-3-6-19-11/h5,7-8,10-11,19-20H,3-4,6,9H2,1-2H3,(H2,18,21). The molecular weight excluding hydrogens is 278 g/mol. The number of hydrogen-bond donors (Lipinski definition) is 3. The van der Waals surface area contributed by atoms with Gasteiger partial charge in [-0.15, -0.1) is 0 Å². The lowest BCUT2D eigenvalue weighted by Gasteiger charge is -2.17. The molecule has 1 saturated heterocycles. The third-order valence-corrected chi connectivity index (χ3v) is 4.29. The summed E-state index contributed by atoms with van der Waals surface area (Å²) in [6.45, 7) is 5.78. The zero-order valence-corrected chi connectivity index (χ0v) is 13.1. The number of nitrogens with two attached hydrogens (primary N) is 1. The number of H-pyrrole nitrogens is 1. The summed E-state index contributed by atoms with van der Waals surface area (Å²) in [7, 11) is 0. The molecule has 118 valence electrons. The minimum atomic E-state index is -0.407. The van der Waals surface area contributed by atoms with Crippen LogP contribution in [0, 0.1) is 0 Å². The van der Waals surface area contributed by atoms with E-state index in [1.807, 2.05) is 12.3 Å². The molecule has 1 aromatic carbocycles. The maximum atomic E-state index is 11.8. The molecule has 0 bridgehead atoms. The van der Waals surface area contributed by atoms with Gasteiger partial charge in [0.1, 0.15) is 12.4 Å². The van der Waals surface area contributed by atoms with Gasteiger partial charge in [0.15, 0.2) is 0 Å². The Labute approximate surface area is 130 Å². The second-order valence-electron chi connectivity index (χ2n) is 6.23. The average molecular weight is 301 g/mol.